The van der Waals surface area contributed by atoms with E-state index in [9.17, 15) is 37.5 Å². The molecule has 0 aromatic heterocycles. The number of fused-ring (bicyclic) bond motifs is 4. The lowest BCUT2D eigenvalue weighted by Crippen LogP contribution is -2.60. The molecule has 0 radical (unpaired) electrons. The third-order valence-corrected chi connectivity index (χ3v) is 12.6. The predicted octanol–water partition coefficient (Wildman–Crippen LogP) is 8.33. The largest absolute Gasteiger partial charge is 0.507 e. The number of nitrogens with one attached hydrogen (secondary N) is 1. The lowest BCUT2D eigenvalue weighted by molar-refractivity contribution is -0.125. The Labute approximate surface area is 325 Å². The molecule has 2 saturated heterocycles. The molecule has 3 fully saturated rings. The molecular formula is C41H28Cl2F5N3O5. The van der Waals surface area contributed by atoms with E-state index in [0.29, 0.717) is 11.3 Å². The van der Waals surface area contributed by atoms with E-state index in [1.54, 1.807) is 36.4 Å². The molecule has 56 heavy (non-hydrogen) atoms. The number of halogens is 7. The Morgan fingerprint density at radius 2 is 1.39 bits per heavy atom. The van der Waals surface area contributed by atoms with E-state index in [0.717, 1.165) is 10.6 Å². The van der Waals surface area contributed by atoms with Gasteiger partial charge in [0.05, 0.1) is 17.5 Å². The number of carbonyl (C=O) groups excluding carboxylic acids is 4. The van der Waals surface area contributed by atoms with Gasteiger partial charge in [0.25, 0.3) is 11.8 Å². The summed E-state index contributed by atoms with van der Waals surface area (Å²) in [7, 11) is 0. The number of hydrogen-bond donors (Lipinski definition) is 2. The van der Waals surface area contributed by atoms with Crippen LogP contribution in [0.4, 0.5) is 44.7 Å². The molecule has 2 N–H and O–H groups in total. The minimum absolute atomic E-state index is 0.0550. The fraction of sp³-hybridized carbons (Fsp3) is 0.220. The monoisotopic (exact) mass is 807 g/mol. The average Bonchev–Trinajstić information content (AvgIpc) is 3.53. The summed E-state index contributed by atoms with van der Waals surface area (Å²) in [6, 6.07) is 20.2. The molecule has 2 aliphatic heterocycles. The van der Waals surface area contributed by atoms with Crippen molar-refractivity contribution in [3.05, 3.63) is 137 Å². The second-order valence-corrected chi connectivity index (χ2v) is 15.3. The van der Waals surface area contributed by atoms with Crippen LogP contribution in [0.2, 0.25) is 0 Å². The molecule has 2 heterocycles. The minimum Gasteiger partial charge on any atom is -0.507 e. The fourth-order valence-electron chi connectivity index (χ4n) is 8.71. The molecule has 8 rings (SSSR count). The number of imide groups is 2. The Balaban J connectivity index is 1.25. The highest BCUT2D eigenvalue weighted by atomic mass is 35.5. The summed E-state index contributed by atoms with van der Waals surface area (Å²) in [6.45, 7) is 3.68. The molecular weight excluding hydrogens is 780 g/mol. The van der Waals surface area contributed by atoms with Gasteiger partial charge in [-0.3, -0.25) is 24.1 Å². The molecule has 15 heteroatoms. The van der Waals surface area contributed by atoms with E-state index < -0.39 is 104 Å². The topological polar surface area (TPSA) is 107 Å². The van der Waals surface area contributed by atoms with Gasteiger partial charge in [-0.25, -0.2) is 26.9 Å². The zero-order valence-corrected chi connectivity index (χ0v) is 30.4. The highest BCUT2D eigenvalue weighted by Gasteiger charge is 2.77. The van der Waals surface area contributed by atoms with Gasteiger partial charge in [0.15, 0.2) is 33.0 Å². The number of nitrogens with zero attached hydrogens (tertiary/aromatic N) is 2. The number of para-hydroxylation sites is 2. The van der Waals surface area contributed by atoms with Crippen LogP contribution < -0.4 is 15.1 Å². The van der Waals surface area contributed by atoms with E-state index in [2.05, 4.69) is 11.9 Å². The van der Waals surface area contributed by atoms with Crippen LogP contribution >= 0.6 is 23.2 Å². The molecule has 1 saturated carbocycles. The number of phenols is 1. The van der Waals surface area contributed by atoms with E-state index in [1.807, 2.05) is 30.3 Å². The second-order valence-electron chi connectivity index (χ2n) is 14.1. The maximum Gasteiger partial charge on any atom is 0.258 e. The first-order valence-electron chi connectivity index (χ1n) is 17.4. The molecule has 0 unspecified atom stereocenters. The third kappa shape index (κ3) is 5.09. The first-order valence-corrected chi connectivity index (χ1v) is 18.1. The van der Waals surface area contributed by atoms with E-state index in [1.165, 1.54) is 18.2 Å². The summed E-state index contributed by atoms with van der Waals surface area (Å²) in [5.41, 5.74) is 0.269. The maximum absolute atomic E-state index is 15.3. The van der Waals surface area contributed by atoms with Gasteiger partial charge < -0.3 is 10.4 Å². The molecule has 4 aromatic carbocycles. The Morgan fingerprint density at radius 1 is 0.768 bits per heavy atom. The van der Waals surface area contributed by atoms with Gasteiger partial charge in [0, 0.05) is 22.9 Å². The Hall–Kier alpha value is -5.53. The lowest BCUT2D eigenvalue weighted by Gasteiger charge is -2.50. The molecule has 6 atom stereocenters. The van der Waals surface area contributed by atoms with Crippen molar-refractivity contribution in [1.82, 2.24) is 0 Å². The van der Waals surface area contributed by atoms with Gasteiger partial charge in [-0.2, -0.15) is 0 Å². The van der Waals surface area contributed by atoms with Crippen molar-refractivity contribution in [2.45, 2.75) is 34.9 Å². The highest BCUT2D eigenvalue weighted by Crippen LogP contribution is 2.67. The van der Waals surface area contributed by atoms with Crippen molar-refractivity contribution < 1.29 is 46.2 Å². The van der Waals surface area contributed by atoms with E-state index in [4.69, 9.17) is 23.2 Å². The van der Waals surface area contributed by atoms with Gasteiger partial charge in [-0.05, 0) is 67.1 Å². The number of carbonyl (C=O) groups is 4. The number of anilines is 4. The van der Waals surface area contributed by atoms with Crippen molar-refractivity contribution in [2.75, 3.05) is 15.1 Å². The Bertz CT molecular complexity index is 2400. The first kappa shape index (κ1) is 37.4. The highest BCUT2D eigenvalue weighted by molar-refractivity contribution is 6.58. The summed E-state index contributed by atoms with van der Waals surface area (Å²) in [4.78, 5) is 52.8. The van der Waals surface area contributed by atoms with Crippen molar-refractivity contribution in [3.8, 4) is 5.75 Å². The zero-order valence-electron chi connectivity index (χ0n) is 28.8. The van der Waals surface area contributed by atoms with Crippen LogP contribution in [0, 0.1) is 46.8 Å². The van der Waals surface area contributed by atoms with Crippen LogP contribution in [0.5, 0.6) is 5.75 Å². The summed E-state index contributed by atoms with van der Waals surface area (Å²) in [5, 5.41) is 14.8. The number of benzene rings is 4. The molecule has 4 amide bonds. The van der Waals surface area contributed by atoms with E-state index >= 15 is 8.78 Å². The number of hydrogen-bond acceptors (Lipinski definition) is 6. The Kier molecular flexibility index (Phi) is 8.88. The smallest absolute Gasteiger partial charge is 0.258 e. The average molecular weight is 809 g/mol. The lowest BCUT2D eigenvalue weighted by atomic mass is 9.56. The number of phenolic OH excluding ortho intramolecular Hbond substituents is 1. The predicted molar refractivity (Wildman–Crippen MR) is 197 cm³/mol. The Morgan fingerprint density at radius 3 is 2.04 bits per heavy atom. The van der Waals surface area contributed by atoms with Crippen LogP contribution in [0.3, 0.4) is 0 Å². The summed E-state index contributed by atoms with van der Waals surface area (Å²) in [6.07, 6.45) is 2.44. The van der Waals surface area contributed by atoms with Crippen molar-refractivity contribution in [3.63, 3.8) is 0 Å². The van der Waals surface area contributed by atoms with Gasteiger partial charge in [-0.1, -0.05) is 54.1 Å². The van der Waals surface area contributed by atoms with Gasteiger partial charge >= 0.3 is 0 Å². The fourth-order valence-corrected chi connectivity index (χ4v) is 9.64. The van der Waals surface area contributed by atoms with Gasteiger partial charge in [0.2, 0.25) is 17.6 Å². The standard InChI is InChI=1S/C41H28Cl2F5N3O5/c1-2-7-19-8-6-11-25(35(19)52)28-23-16-17-24-27(37(54)50(36(24)53)22-14-12-21(13-15-22)49-20-9-4-3-5-10-20)26(23)18-40(42)38(55)51(39(56)41(28,40)43)34-32(47)30(45)29(44)31(46)33(34)48/h2-6,8-16,24,26-28,49,52H,1,7,17-18H2/t24-,26+,27-,28+,40+,41-/m0/s1. The number of amides is 4. The number of alkyl halides is 2. The molecule has 2 aliphatic carbocycles. The quantitative estimate of drug-likeness (QED) is 0.0486. The molecule has 4 aromatic rings. The van der Waals surface area contributed by atoms with Gasteiger partial charge in [0.1, 0.15) is 11.4 Å². The number of aromatic hydroxyl groups is 1. The second kappa shape index (κ2) is 13.3. The molecule has 0 bridgehead atoms. The number of rotatable bonds is 7. The molecule has 0 spiro atoms. The van der Waals surface area contributed by atoms with Crippen molar-refractivity contribution in [2.24, 2.45) is 17.8 Å². The summed E-state index contributed by atoms with van der Waals surface area (Å²) in [5.74, 6) is -22.2. The van der Waals surface area contributed by atoms with Crippen LogP contribution in [-0.2, 0) is 25.6 Å². The van der Waals surface area contributed by atoms with Crippen molar-refractivity contribution in [1.29, 1.82) is 0 Å². The van der Waals surface area contributed by atoms with Crippen molar-refractivity contribution >= 4 is 69.6 Å². The minimum atomic E-state index is -2.77. The maximum atomic E-state index is 15.3. The molecule has 286 valence electrons. The van der Waals surface area contributed by atoms with Gasteiger partial charge in [-0.15, -0.1) is 29.8 Å². The summed E-state index contributed by atoms with van der Waals surface area (Å²) < 4.78 is 73.9. The third-order valence-electron chi connectivity index (χ3n) is 11.2. The molecule has 8 nitrogen and oxygen atoms in total. The first-order chi connectivity index (χ1) is 26.7. The van der Waals surface area contributed by atoms with Crippen LogP contribution in [-0.4, -0.2) is 38.5 Å². The van der Waals surface area contributed by atoms with Crippen LogP contribution in [0.1, 0.15) is 29.9 Å². The zero-order chi connectivity index (χ0) is 40.0. The van der Waals surface area contributed by atoms with E-state index in [-0.39, 0.29) is 34.6 Å². The number of allylic oxidation sites excluding steroid dienone is 3. The van der Waals surface area contributed by atoms with Crippen LogP contribution in [0.15, 0.2) is 97.1 Å². The van der Waals surface area contributed by atoms with Crippen LogP contribution in [0.25, 0.3) is 0 Å². The molecule has 4 aliphatic rings. The summed E-state index contributed by atoms with van der Waals surface area (Å²) >= 11 is 14.4. The SMILES string of the molecule is C=CCc1cccc([C@H]2C3=CC[C@@H]4C(=O)N(c5ccc(Nc6ccccc6)cc5)C(=O)[C@@H]4[C@@H]3C[C@@]3(Cl)C(=O)N(c4c(F)c(F)c(F)c(F)c4F)C(=O)[C@@]23Cl)c1O. The normalized spacial score (nSPS) is 26.9.